The van der Waals surface area contributed by atoms with Crippen molar-refractivity contribution < 1.29 is 9.59 Å². The van der Waals surface area contributed by atoms with E-state index in [4.69, 9.17) is 0 Å². The lowest BCUT2D eigenvalue weighted by Crippen LogP contribution is -2.18. The highest BCUT2D eigenvalue weighted by atomic mass is 16.1. The highest BCUT2D eigenvalue weighted by molar-refractivity contribution is 6.04. The molecular weight excluding hydrogens is 250 g/mol. The van der Waals surface area contributed by atoms with Crippen molar-refractivity contribution in [2.24, 2.45) is 0 Å². The molecule has 102 valence electrons. The van der Waals surface area contributed by atoms with Gasteiger partial charge in [0.05, 0.1) is 5.69 Å². The van der Waals surface area contributed by atoms with Crippen molar-refractivity contribution in [3.63, 3.8) is 0 Å². The number of Topliss-reactive ketones (excluding diaryl/α,β-unsaturated/α-hetero) is 2. The number of nitrogens with one attached hydrogen (secondary N) is 1. The standard InChI is InChI=1S/C17H17NO2/c1-10-16-14(18-17(10)11(2)19)8-13(9-15(16)20)12-6-4-3-5-7-12/h3-7,13,18H,8-9H2,1-2H3. The molecule has 1 aliphatic rings. The molecule has 2 aromatic rings. The van der Waals surface area contributed by atoms with Crippen LogP contribution in [0.25, 0.3) is 0 Å². The Bertz CT molecular complexity index is 683. The maximum absolute atomic E-state index is 12.4. The first-order chi connectivity index (χ1) is 9.58. The van der Waals surface area contributed by atoms with E-state index in [1.807, 2.05) is 25.1 Å². The molecule has 1 aromatic heterocycles. The van der Waals surface area contributed by atoms with Crippen molar-refractivity contribution in [2.45, 2.75) is 32.6 Å². The Balaban J connectivity index is 2.02. The molecule has 1 heterocycles. The first kappa shape index (κ1) is 12.9. The molecule has 0 radical (unpaired) electrons. The normalized spacial score (nSPS) is 17.9. The van der Waals surface area contributed by atoms with Crippen LogP contribution in [0.2, 0.25) is 0 Å². The highest BCUT2D eigenvalue weighted by Gasteiger charge is 2.31. The second-order valence-corrected chi connectivity index (χ2v) is 5.47. The first-order valence-electron chi connectivity index (χ1n) is 6.88. The topological polar surface area (TPSA) is 49.9 Å². The van der Waals surface area contributed by atoms with Crippen molar-refractivity contribution in [2.75, 3.05) is 0 Å². The zero-order valence-electron chi connectivity index (χ0n) is 11.7. The average Bonchev–Trinajstić information content (AvgIpc) is 2.77. The number of hydrogen-bond donors (Lipinski definition) is 1. The fraction of sp³-hybridized carbons (Fsp3) is 0.294. The minimum Gasteiger partial charge on any atom is -0.355 e. The molecule has 0 fully saturated rings. The van der Waals surface area contributed by atoms with Crippen molar-refractivity contribution >= 4 is 11.6 Å². The third-order valence-electron chi connectivity index (χ3n) is 4.11. The molecule has 20 heavy (non-hydrogen) atoms. The number of benzene rings is 1. The molecule has 1 aliphatic carbocycles. The van der Waals surface area contributed by atoms with E-state index in [1.165, 1.54) is 12.5 Å². The molecule has 3 rings (SSSR count). The second kappa shape index (κ2) is 4.75. The number of carbonyl (C=O) groups excluding carboxylic acids is 2. The van der Waals surface area contributed by atoms with Gasteiger partial charge < -0.3 is 4.98 Å². The Hall–Kier alpha value is -2.16. The molecule has 1 atom stereocenters. The quantitative estimate of drug-likeness (QED) is 0.847. The van der Waals surface area contributed by atoms with Gasteiger partial charge in [-0.05, 0) is 30.4 Å². The van der Waals surface area contributed by atoms with Crippen LogP contribution in [-0.2, 0) is 6.42 Å². The third-order valence-corrected chi connectivity index (χ3v) is 4.11. The van der Waals surface area contributed by atoms with Crippen molar-refractivity contribution in [1.82, 2.24) is 4.98 Å². The fourth-order valence-electron chi connectivity index (χ4n) is 3.15. The summed E-state index contributed by atoms with van der Waals surface area (Å²) in [5, 5.41) is 0. The van der Waals surface area contributed by atoms with Crippen molar-refractivity contribution in [1.29, 1.82) is 0 Å². The molecule has 0 aliphatic heterocycles. The zero-order valence-corrected chi connectivity index (χ0v) is 11.7. The lowest BCUT2D eigenvalue weighted by Gasteiger charge is -2.22. The van der Waals surface area contributed by atoms with E-state index in [9.17, 15) is 9.59 Å². The van der Waals surface area contributed by atoms with Crippen LogP contribution in [0.4, 0.5) is 0 Å². The van der Waals surface area contributed by atoms with Crippen LogP contribution in [0.3, 0.4) is 0 Å². The van der Waals surface area contributed by atoms with Gasteiger partial charge in [0.1, 0.15) is 0 Å². The molecule has 0 saturated heterocycles. The van der Waals surface area contributed by atoms with E-state index in [1.54, 1.807) is 0 Å². The van der Waals surface area contributed by atoms with Crippen LogP contribution >= 0.6 is 0 Å². The Morgan fingerprint density at radius 2 is 1.90 bits per heavy atom. The number of aromatic nitrogens is 1. The summed E-state index contributed by atoms with van der Waals surface area (Å²) in [5.41, 5.74) is 4.23. The average molecular weight is 267 g/mol. The van der Waals surface area contributed by atoms with Gasteiger partial charge in [-0.3, -0.25) is 9.59 Å². The zero-order chi connectivity index (χ0) is 14.3. The minimum absolute atomic E-state index is 0.0130. The van der Waals surface area contributed by atoms with Gasteiger partial charge in [0, 0.05) is 24.6 Å². The van der Waals surface area contributed by atoms with Crippen LogP contribution in [0.1, 0.15) is 56.9 Å². The molecule has 1 N–H and O–H groups in total. The molecular formula is C17H17NO2. The molecule has 1 unspecified atom stereocenters. The summed E-state index contributed by atoms with van der Waals surface area (Å²) >= 11 is 0. The van der Waals surface area contributed by atoms with Gasteiger partial charge >= 0.3 is 0 Å². The number of fused-ring (bicyclic) bond motifs is 1. The van der Waals surface area contributed by atoms with E-state index < -0.39 is 0 Å². The number of aromatic amines is 1. The molecule has 1 aromatic carbocycles. The van der Waals surface area contributed by atoms with E-state index >= 15 is 0 Å². The number of hydrogen-bond acceptors (Lipinski definition) is 2. The van der Waals surface area contributed by atoms with Crippen LogP contribution < -0.4 is 0 Å². The number of H-pyrrole nitrogens is 1. The summed E-state index contributed by atoms with van der Waals surface area (Å²) in [6.07, 6.45) is 1.31. The maximum Gasteiger partial charge on any atom is 0.176 e. The van der Waals surface area contributed by atoms with Gasteiger partial charge in [-0.1, -0.05) is 30.3 Å². The van der Waals surface area contributed by atoms with Crippen molar-refractivity contribution in [3.8, 4) is 0 Å². The molecule has 0 amide bonds. The minimum atomic E-state index is -0.0130. The summed E-state index contributed by atoms with van der Waals surface area (Å²) in [6, 6.07) is 10.1. The Labute approximate surface area is 118 Å². The van der Waals surface area contributed by atoms with Gasteiger partial charge in [-0.15, -0.1) is 0 Å². The van der Waals surface area contributed by atoms with Crippen molar-refractivity contribution in [3.05, 3.63) is 58.4 Å². The van der Waals surface area contributed by atoms with Gasteiger partial charge in [0.25, 0.3) is 0 Å². The lowest BCUT2D eigenvalue weighted by molar-refractivity contribution is 0.0963. The predicted molar refractivity (Wildman–Crippen MR) is 77.4 cm³/mol. The SMILES string of the molecule is CC(=O)c1[nH]c2c(c1C)C(=O)CC(c1ccccc1)C2. The van der Waals surface area contributed by atoms with Crippen LogP contribution in [0.5, 0.6) is 0 Å². The summed E-state index contributed by atoms with van der Waals surface area (Å²) in [5.74, 6) is 0.330. The van der Waals surface area contributed by atoms with E-state index in [-0.39, 0.29) is 17.5 Å². The summed E-state index contributed by atoms with van der Waals surface area (Å²) in [7, 11) is 0. The van der Waals surface area contributed by atoms with Gasteiger partial charge in [0.15, 0.2) is 11.6 Å². The summed E-state index contributed by atoms with van der Waals surface area (Å²) in [6.45, 7) is 3.39. The molecule has 0 bridgehead atoms. The highest BCUT2D eigenvalue weighted by Crippen LogP contribution is 2.34. The summed E-state index contributed by atoms with van der Waals surface area (Å²) < 4.78 is 0. The molecule has 3 heteroatoms. The van der Waals surface area contributed by atoms with Crippen LogP contribution in [-0.4, -0.2) is 16.6 Å². The van der Waals surface area contributed by atoms with Gasteiger partial charge in [-0.25, -0.2) is 0 Å². The number of ketones is 2. The Morgan fingerprint density at radius 3 is 2.55 bits per heavy atom. The third kappa shape index (κ3) is 1.99. The largest absolute Gasteiger partial charge is 0.355 e. The molecule has 0 saturated carbocycles. The summed E-state index contributed by atoms with van der Waals surface area (Å²) in [4.78, 5) is 27.2. The monoisotopic (exact) mass is 267 g/mol. The smallest absolute Gasteiger partial charge is 0.176 e. The van der Waals surface area contributed by atoms with Crippen LogP contribution in [0, 0.1) is 6.92 Å². The van der Waals surface area contributed by atoms with Gasteiger partial charge in [0.2, 0.25) is 0 Å². The van der Waals surface area contributed by atoms with E-state index in [2.05, 4.69) is 17.1 Å². The maximum atomic E-state index is 12.4. The fourth-order valence-corrected chi connectivity index (χ4v) is 3.15. The van der Waals surface area contributed by atoms with Gasteiger partial charge in [-0.2, -0.15) is 0 Å². The Kier molecular flexibility index (Phi) is 3.05. The van der Waals surface area contributed by atoms with Crippen LogP contribution in [0.15, 0.2) is 30.3 Å². The van der Waals surface area contributed by atoms with E-state index in [0.29, 0.717) is 12.1 Å². The lowest BCUT2D eigenvalue weighted by atomic mass is 9.81. The number of carbonyl (C=O) groups is 2. The first-order valence-corrected chi connectivity index (χ1v) is 6.88. The van der Waals surface area contributed by atoms with E-state index in [0.717, 1.165) is 23.2 Å². The molecule has 0 spiro atoms. The Morgan fingerprint density at radius 1 is 1.20 bits per heavy atom. The predicted octanol–water partition coefficient (Wildman–Crippen LogP) is 3.44. The molecule has 3 nitrogen and oxygen atoms in total. The number of rotatable bonds is 2. The second-order valence-electron chi connectivity index (χ2n) is 5.47.